The van der Waals surface area contributed by atoms with E-state index in [0.717, 1.165) is 0 Å². The number of benzene rings is 8. The molecule has 288 valence electrons. The summed E-state index contributed by atoms with van der Waals surface area (Å²) in [7, 11) is 0. The van der Waals surface area contributed by atoms with Crippen LogP contribution in [0.25, 0.3) is 60.9 Å². The zero-order valence-electron chi connectivity index (χ0n) is 35.0. The monoisotopic (exact) mass is 761 g/mol. The van der Waals surface area contributed by atoms with Crippen molar-refractivity contribution in [2.45, 2.75) is 58.3 Å². The van der Waals surface area contributed by atoms with Crippen LogP contribution in [0, 0.1) is 5.41 Å². The van der Waals surface area contributed by atoms with Gasteiger partial charge in [0.25, 0.3) is 0 Å². The van der Waals surface area contributed by atoms with Crippen LogP contribution in [0.1, 0.15) is 75.3 Å². The molecule has 0 N–H and O–H groups in total. The quantitative estimate of drug-likeness (QED) is 0.143. The number of para-hydroxylation sites is 1. The largest absolute Gasteiger partial charge is 0.309 e. The lowest BCUT2D eigenvalue weighted by Crippen LogP contribution is -2.42. The van der Waals surface area contributed by atoms with E-state index >= 15 is 0 Å². The maximum Gasteiger partial charge on any atom is 0.0544 e. The second kappa shape index (κ2) is 13.8. The Hall–Kier alpha value is -6.44. The van der Waals surface area contributed by atoms with Gasteiger partial charge in [-0.15, -0.1) is 0 Å². The van der Waals surface area contributed by atoms with Gasteiger partial charge in [0, 0.05) is 22.4 Å². The summed E-state index contributed by atoms with van der Waals surface area (Å²) >= 11 is 0. The summed E-state index contributed by atoms with van der Waals surface area (Å²) in [6, 6.07) is 71.9. The van der Waals surface area contributed by atoms with Crippen LogP contribution in [0.5, 0.6) is 0 Å². The van der Waals surface area contributed by atoms with E-state index in [1.165, 1.54) is 88.7 Å². The molecular weight excluding hydrogens is 711 g/mol. The molecule has 59 heavy (non-hydrogen) atoms. The van der Waals surface area contributed by atoms with Gasteiger partial charge in [-0.1, -0.05) is 199 Å². The summed E-state index contributed by atoms with van der Waals surface area (Å²) < 4.78 is 2.48. The number of fused-ring (bicyclic) bond motifs is 4. The zero-order valence-corrected chi connectivity index (χ0v) is 35.0. The predicted molar refractivity (Wildman–Crippen MR) is 251 cm³/mol. The molecule has 1 atom stereocenters. The van der Waals surface area contributed by atoms with Gasteiger partial charge in [-0.25, -0.2) is 0 Å². The molecule has 1 heteroatoms. The Morgan fingerprint density at radius 2 is 0.831 bits per heavy atom. The highest BCUT2D eigenvalue weighted by Gasteiger charge is 2.57. The maximum atomic E-state index is 2.54. The lowest BCUT2D eigenvalue weighted by atomic mass is 9.59. The normalized spacial score (nSPS) is 15.6. The van der Waals surface area contributed by atoms with Crippen molar-refractivity contribution in [2.24, 2.45) is 5.41 Å². The molecule has 0 amide bonds. The first-order chi connectivity index (χ1) is 28.5. The minimum Gasteiger partial charge on any atom is -0.309 e. The third-order valence-corrected chi connectivity index (χ3v) is 14.7. The molecule has 8 aromatic carbocycles. The summed E-state index contributed by atoms with van der Waals surface area (Å²) in [5.74, 6) is 0.0514. The van der Waals surface area contributed by atoms with Gasteiger partial charge in [0.05, 0.1) is 11.0 Å². The molecular formula is C58H51N. The first-order valence-corrected chi connectivity index (χ1v) is 21.1. The SMILES string of the molecule is CC1(C)c2cc3c4cc(-c5ccc(C(c6ccc(-c7ccccc7)cc6)c6ccccc6-c6ccccc6)cc5)ccc4n(-c4ccccc4)c3cc2C(C)(C)C1(C)C. The minimum atomic E-state index is 0.0200. The summed E-state index contributed by atoms with van der Waals surface area (Å²) in [4.78, 5) is 0. The zero-order chi connectivity index (χ0) is 40.5. The molecule has 0 bridgehead atoms. The topological polar surface area (TPSA) is 4.93 Å². The van der Waals surface area contributed by atoms with Crippen LogP contribution in [0.4, 0.5) is 0 Å². The van der Waals surface area contributed by atoms with Crippen molar-refractivity contribution in [1.29, 1.82) is 0 Å². The Bertz CT molecular complexity index is 2960. The van der Waals surface area contributed by atoms with Crippen LogP contribution in [0.2, 0.25) is 0 Å². The van der Waals surface area contributed by atoms with Gasteiger partial charge in [0.2, 0.25) is 0 Å². The van der Waals surface area contributed by atoms with E-state index in [0.29, 0.717) is 0 Å². The molecule has 1 heterocycles. The lowest BCUT2D eigenvalue weighted by molar-refractivity contribution is 0.125. The van der Waals surface area contributed by atoms with Gasteiger partial charge in [-0.2, -0.15) is 0 Å². The molecule has 1 aliphatic rings. The molecule has 0 radical (unpaired) electrons. The van der Waals surface area contributed by atoms with Gasteiger partial charge in [0.15, 0.2) is 0 Å². The molecule has 9 aromatic rings. The van der Waals surface area contributed by atoms with Crippen molar-refractivity contribution in [3.63, 3.8) is 0 Å². The molecule has 10 rings (SSSR count). The van der Waals surface area contributed by atoms with E-state index in [1.54, 1.807) is 0 Å². The Labute approximate surface area is 349 Å². The minimum absolute atomic E-state index is 0.0200. The van der Waals surface area contributed by atoms with E-state index < -0.39 is 0 Å². The van der Waals surface area contributed by atoms with Crippen molar-refractivity contribution >= 4 is 21.8 Å². The third-order valence-electron chi connectivity index (χ3n) is 14.7. The fraction of sp³-hybridized carbons (Fsp3) is 0.172. The van der Waals surface area contributed by atoms with E-state index in [2.05, 4.69) is 240 Å². The van der Waals surface area contributed by atoms with Crippen LogP contribution in [0.3, 0.4) is 0 Å². The van der Waals surface area contributed by atoms with Crippen molar-refractivity contribution in [3.05, 3.63) is 222 Å². The van der Waals surface area contributed by atoms with Gasteiger partial charge in [0.1, 0.15) is 0 Å². The highest BCUT2D eigenvalue weighted by atomic mass is 15.0. The first kappa shape index (κ1) is 36.9. The standard InChI is InChI=1S/C58H51N/c1-56(2)51-37-50-49-36-45(34-35-53(49)59(46-22-14-9-15-23-46)54(50)38-52(51)57(3,4)58(56,5)6)41-28-32-44(33-29-41)55(43-30-26-40(27-31-43)39-18-10-7-11-19-39)48-25-17-16-24-47(48)42-20-12-8-13-21-42/h7-38,55H,1-6H3. The maximum absolute atomic E-state index is 2.54. The molecule has 1 unspecified atom stereocenters. The molecule has 0 aliphatic heterocycles. The van der Waals surface area contributed by atoms with Gasteiger partial charge in [-0.05, 0) is 114 Å². The van der Waals surface area contributed by atoms with Crippen LogP contribution >= 0.6 is 0 Å². The highest BCUT2D eigenvalue weighted by molar-refractivity contribution is 6.11. The van der Waals surface area contributed by atoms with Crippen molar-refractivity contribution in [3.8, 4) is 39.1 Å². The van der Waals surface area contributed by atoms with Crippen molar-refractivity contribution in [2.75, 3.05) is 0 Å². The Morgan fingerprint density at radius 1 is 0.373 bits per heavy atom. The van der Waals surface area contributed by atoms with E-state index in [-0.39, 0.29) is 22.2 Å². The summed E-state index contributed by atoms with van der Waals surface area (Å²) in [5, 5.41) is 2.61. The first-order valence-electron chi connectivity index (χ1n) is 21.1. The van der Waals surface area contributed by atoms with Crippen molar-refractivity contribution < 1.29 is 0 Å². The second-order valence-corrected chi connectivity index (χ2v) is 18.2. The molecule has 1 nitrogen and oxygen atoms in total. The summed E-state index contributed by atoms with van der Waals surface area (Å²) in [6.07, 6.45) is 0. The number of hydrogen-bond donors (Lipinski definition) is 0. The van der Waals surface area contributed by atoms with Crippen molar-refractivity contribution in [1.82, 2.24) is 4.57 Å². The van der Waals surface area contributed by atoms with Crippen LogP contribution in [-0.2, 0) is 10.8 Å². The molecule has 1 aromatic heterocycles. The number of hydrogen-bond acceptors (Lipinski definition) is 0. The van der Waals surface area contributed by atoms with E-state index in [4.69, 9.17) is 0 Å². The average Bonchev–Trinajstić information content (AvgIpc) is 3.64. The van der Waals surface area contributed by atoms with Crippen LogP contribution in [-0.4, -0.2) is 4.57 Å². The van der Waals surface area contributed by atoms with Crippen LogP contribution < -0.4 is 0 Å². The highest BCUT2D eigenvalue weighted by Crippen LogP contribution is 2.62. The number of rotatable bonds is 7. The van der Waals surface area contributed by atoms with Gasteiger partial charge >= 0.3 is 0 Å². The lowest BCUT2D eigenvalue weighted by Gasteiger charge is -2.44. The molecule has 0 saturated heterocycles. The Kier molecular flexibility index (Phi) is 8.65. The smallest absolute Gasteiger partial charge is 0.0544 e. The fourth-order valence-electron chi connectivity index (χ4n) is 10.1. The number of nitrogens with zero attached hydrogens (tertiary/aromatic N) is 1. The molecule has 0 saturated carbocycles. The van der Waals surface area contributed by atoms with Gasteiger partial charge in [-0.3, -0.25) is 0 Å². The average molecular weight is 762 g/mol. The second-order valence-electron chi connectivity index (χ2n) is 18.2. The third kappa shape index (κ3) is 5.82. The fourth-order valence-corrected chi connectivity index (χ4v) is 10.1. The number of aromatic nitrogens is 1. The Balaban J connectivity index is 1.11. The van der Waals surface area contributed by atoms with E-state index in [9.17, 15) is 0 Å². The van der Waals surface area contributed by atoms with Gasteiger partial charge < -0.3 is 4.57 Å². The molecule has 0 fully saturated rings. The summed E-state index contributed by atoms with van der Waals surface area (Å²) in [5.41, 5.74) is 18.0. The summed E-state index contributed by atoms with van der Waals surface area (Å²) in [6.45, 7) is 14.7. The Morgan fingerprint density at radius 3 is 1.44 bits per heavy atom. The molecule has 1 aliphatic carbocycles. The molecule has 0 spiro atoms. The predicted octanol–water partition coefficient (Wildman–Crippen LogP) is 15.6. The van der Waals surface area contributed by atoms with E-state index in [1.807, 2.05) is 0 Å². The van der Waals surface area contributed by atoms with Crippen LogP contribution in [0.15, 0.2) is 194 Å².